The number of aromatic carboxylic acids is 1. The van der Waals surface area contributed by atoms with Gasteiger partial charge in [-0.25, -0.2) is 4.79 Å². The molecule has 0 aliphatic carbocycles. The Balaban J connectivity index is 1.53. The van der Waals surface area contributed by atoms with E-state index in [1.54, 1.807) is 6.07 Å². The highest BCUT2D eigenvalue weighted by molar-refractivity contribution is 5.95. The van der Waals surface area contributed by atoms with Crippen molar-refractivity contribution in [3.8, 4) is 11.1 Å². The third-order valence-corrected chi connectivity index (χ3v) is 5.13. The van der Waals surface area contributed by atoms with E-state index in [1.165, 1.54) is 5.56 Å². The van der Waals surface area contributed by atoms with E-state index in [9.17, 15) is 9.90 Å². The molecular weight excluding hydrogens is 370 g/mol. The van der Waals surface area contributed by atoms with Crippen molar-refractivity contribution in [2.45, 2.75) is 12.8 Å². The molecule has 0 heterocycles. The summed E-state index contributed by atoms with van der Waals surface area (Å²) in [6.45, 7) is 0. The van der Waals surface area contributed by atoms with E-state index in [4.69, 9.17) is 0 Å². The maximum absolute atomic E-state index is 11.7. The molecule has 0 atom stereocenters. The summed E-state index contributed by atoms with van der Waals surface area (Å²) in [5, 5.41) is 12.9. The van der Waals surface area contributed by atoms with E-state index in [-0.39, 0.29) is 5.56 Å². The van der Waals surface area contributed by atoms with Gasteiger partial charge in [-0.2, -0.15) is 0 Å². The Morgan fingerprint density at radius 3 is 1.93 bits per heavy atom. The number of hydrogen-bond donors (Lipinski definition) is 2. The van der Waals surface area contributed by atoms with Crippen molar-refractivity contribution in [2.24, 2.45) is 0 Å². The lowest BCUT2D eigenvalue weighted by Crippen LogP contribution is -2.04. The van der Waals surface area contributed by atoms with Crippen LogP contribution < -0.4 is 5.32 Å². The van der Waals surface area contributed by atoms with Gasteiger partial charge in [0, 0.05) is 5.69 Å². The number of benzene rings is 4. The number of hydrogen-bond acceptors (Lipinski definition) is 2. The van der Waals surface area contributed by atoms with Crippen molar-refractivity contribution >= 4 is 17.3 Å². The SMILES string of the molecule is O=C(O)c1ccc(CCc2ccccc2)cc1Nc1ccc(-c2ccccc2)cc1. The van der Waals surface area contributed by atoms with Crippen LogP contribution in [0, 0.1) is 0 Å². The molecule has 0 unspecified atom stereocenters. The Labute approximate surface area is 176 Å². The van der Waals surface area contributed by atoms with Gasteiger partial charge in [0.2, 0.25) is 0 Å². The topological polar surface area (TPSA) is 49.3 Å². The molecule has 0 saturated carbocycles. The fraction of sp³-hybridized carbons (Fsp3) is 0.0741. The number of nitrogens with one attached hydrogen (secondary N) is 1. The predicted molar refractivity (Wildman–Crippen MR) is 122 cm³/mol. The minimum absolute atomic E-state index is 0.269. The Hall–Kier alpha value is -3.85. The van der Waals surface area contributed by atoms with Crippen LogP contribution in [0.1, 0.15) is 21.5 Å². The number of aryl methyl sites for hydroxylation is 2. The summed E-state index contributed by atoms with van der Waals surface area (Å²) >= 11 is 0. The van der Waals surface area contributed by atoms with Crippen LogP contribution in [0.15, 0.2) is 103 Å². The maximum Gasteiger partial charge on any atom is 0.337 e. The molecule has 3 heteroatoms. The first-order valence-corrected chi connectivity index (χ1v) is 10.0. The van der Waals surface area contributed by atoms with Crippen molar-refractivity contribution in [1.29, 1.82) is 0 Å². The predicted octanol–water partition coefficient (Wildman–Crippen LogP) is 6.58. The van der Waals surface area contributed by atoms with E-state index >= 15 is 0 Å². The normalized spacial score (nSPS) is 10.5. The van der Waals surface area contributed by atoms with Gasteiger partial charge in [0.05, 0.1) is 11.3 Å². The molecule has 0 aromatic heterocycles. The molecule has 30 heavy (non-hydrogen) atoms. The van der Waals surface area contributed by atoms with Gasteiger partial charge in [0.1, 0.15) is 0 Å². The second-order valence-corrected chi connectivity index (χ2v) is 7.24. The van der Waals surface area contributed by atoms with Gasteiger partial charge in [-0.05, 0) is 59.4 Å². The van der Waals surface area contributed by atoms with E-state index in [1.807, 2.05) is 72.8 Å². The highest BCUT2D eigenvalue weighted by Gasteiger charge is 2.11. The van der Waals surface area contributed by atoms with Gasteiger partial charge in [-0.1, -0.05) is 78.9 Å². The molecule has 148 valence electrons. The van der Waals surface area contributed by atoms with Gasteiger partial charge in [-0.3, -0.25) is 0 Å². The number of rotatable bonds is 7. The average Bonchev–Trinajstić information content (AvgIpc) is 2.79. The van der Waals surface area contributed by atoms with Gasteiger partial charge >= 0.3 is 5.97 Å². The summed E-state index contributed by atoms with van der Waals surface area (Å²) in [6, 6.07) is 34.0. The summed E-state index contributed by atoms with van der Waals surface area (Å²) < 4.78 is 0. The largest absolute Gasteiger partial charge is 0.478 e. The number of carbonyl (C=O) groups is 1. The van der Waals surface area contributed by atoms with Crippen molar-refractivity contribution in [1.82, 2.24) is 0 Å². The van der Waals surface area contributed by atoms with Gasteiger partial charge in [-0.15, -0.1) is 0 Å². The van der Waals surface area contributed by atoms with Crippen LogP contribution >= 0.6 is 0 Å². The Morgan fingerprint density at radius 1 is 0.667 bits per heavy atom. The highest BCUT2D eigenvalue weighted by Crippen LogP contribution is 2.26. The summed E-state index contributed by atoms with van der Waals surface area (Å²) in [4.78, 5) is 11.7. The van der Waals surface area contributed by atoms with Gasteiger partial charge in [0.15, 0.2) is 0 Å². The Morgan fingerprint density at radius 2 is 1.27 bits per heavy atom. The summed E-state index contributed by atoms with van der Waals surface area (Å²) in [7, 11) is 0. The Kier molecular flexibility index (Phi) is 5.90. The third kappa shape index (κ3) is 4.76. The zero-order valence-corrected chi connectivity index (χ0v) is 16.6. The molecule has 4 aromatic carbocycles. The van der Waals surface area contributed by atoms with E-state index in [0.717, 1.165) is 35.2 Å². The summed E-state index contributed by atoms with van der Waals surface area (Å²) in [6.07, 6.45) is 1.77. The molecule has 0 aliphatic rings. The standard InChI is InChI=1S/C27H23NO2/c29-27(30)25-18-13-21(12-11-20-7-3-1-4-8-20)19-26(25)28-24-16-14-23(15-17-24)22-9-5-2-6-10-22/h1-10,13-19,28H,11-12H2,(H,29,30). The molecule has 0 fully saturated rings. The average molecular weight is 393 g/mol. The smallest absolute Gasteiger partial charge is 0.337 e. The van der Waals surface area contributed by atoms with E-state index in [0.29, 0.717) is 5.69 Å². The molecule has 0 saturated heterocycles. The minimum atomic E-state index is -0.937. The van der Waals surface area contributed by atoms with E-state index in [2.05, 4.69) is 29.6 Å². The summed E-state index contributed by atoms with van der Waals surface area (Å²) in [5.41, 5.74) is 6.39. The van der Waals surface area contributed by atoms with Crippen LogP contribution in [0.4, 0.5) is 11.4 Å². The molecule has 2 N–H and O–H groups in total. The first-order chi connectivity index (χ1) is 14.7. The zero-order valence-electron chi connectivity index (χ0n) is 16.6. The number of carboxylic acids is 1. The monoisotopic (exact) mass is 393 g/mol. The van der Waals surface area contributed by atoms with Crippen LogP contribution in [-0.4, -0.2) is 11.1 Å². The zero-order chi connectivity index (χ0) is 20.8. The highest BCUT2D eigenvalue weighted by atomic mass is 16.4. The van der Waals surface area contributed by atoms with E-state index < -0.39 is 5.97 Å². The molecule has 0 spiro atoms. The van der Waals surface area contributed by atoms with Crippen molar-refractivity contribution < 1.29 is 9.90 Å². The molecule has 0 radical (unpaired) electrons. The third-order valence-electron chi connectivity index (χ3n) is 5.13. The number of carboxylic acid groups (broad SMARTS) is 1. The van der Waals surface area contributed by atoms with Crippen LogP contribution in [-0.2, 0) is 12.8 Å². The molecule has 0 aliphatic heterocycles. The first-order valence-electron chi connectivity index (χ1n) is 10.0. The minimum Gasteiger partial charge on any atom is -0.478 e. The van der Waals surface area contributed by atoms with Crippen LogP contribution in [0.5, 0.6) is 0 Å². The second kappa shape index (κ2) is 9.10. The van der Waals surface area contributed by atoms with Crippen LogP contribution in [0.3, 0.4) is 0 Å². The first kappa shape index (κ1) is 19.5. The molecule has 0 bridgehead atoms. The fourth-order valence-electron chi connectivity index (χ4n) is 3.50. The van der Waals surface area contributed by atoms with Crippen LogP contribution in [0.2, 0.25) is 0 Å². The maximum atomic E-state index is 11.7. The lowest BCUT2D eigenvalue weighted by molar-refractivity contribution is 0.0698. The fourth-order valence-corrected chi connectivity index (χ4v) is 3.50. The summed E-state index contributed by atoms with van der Waals surface area (Å²) in [5.74, 6) is -0.937. The Bertz CT molecular complexity index is 1120. The van der Waals surface area contributed by atoms with Crippen molar-refractivity contribution in [3.05, 3.63) is 120 Å². The molecular formula is C27H23NO2. The van der Waals surface area contributed by atoms with Crippen LogP contribution in [0.25, 0.3) is 11.1 Å². The molecule has 0 amide bonds. The molecule has 4 rings (SSSR count). The quantitative estimate of drug-likeness (QED) is 0.373. The van der Waals surface area contributed by atoms with Gasteiger partial charge in [0.25, 0.3) is 0 Å². The second-order valence-electron chi connectivity index (χ2n) is 7.24. The lowest BCUT2D eigenvalue weighted by atomic mass is 10.0. The lowest BCUT2D eigenvalue weighted by Gasteiger charge is -2.13. The molecule has 4 aromatic rings. The number of anilines is 2. The van der Waals surface area contributed by atoms with Crippen molar-refractivity contribution in [2.75, 3.05) is 5.32 Å². The molecule has 3 nitrogen and oxygen atoms in total. The van der Waals surface area contributed by atoms with Gasteiger partial charge < -0.3 is 10.4 Å². The van der Waals surface area contributed by atoms with Crippen molar-refractivity contribution in [3.63, 3.8) is 0 Å².